The number of benzene rings is 4. The fraction of sp³-hybridized carbons (Fsp3) is 0.443. The van der Waals surface area contributed by atoms with Crippen LogP contribution in [-0.2, 0) is 32.3 Å². The third kappa shape index (κ3) is 23.8. The van der Waals surface area contributed by atoms with E-state index in [0.717, 1.165) is 55.2 Å². The summed E-state index contributed by atoms with van der Waals surface area (Å²) in [7, 11) is 0. The molecule has 0 aliphatic rings. The second kappa shape index (κ2) is 35.4. The van der Waals surface area contributed by atoms with Gasteiger partial charge in [-0.3, -0.25) is 0 Å². The van der Waals surface area contributed by atoms with Crippen LogP contribution < -0.4 is 9.47 Å². The molecule has 4 aromatic carbocycles. The van der Waals surface area contributed by atoms with Crippen molar-refractivity contribution in [1.29, 1.82) is 0 Å². The number of unbranched alkanes of at least 4 members (excludes halogenated alkanes) is 15. The Balaban J connectivity index is 0.000000271. The van der Waals surface area contributed by atoms with Crippen LogP contribution in [0.2, 0.25) is 0 Å². The smallest absolute Gasteiger partial charge is 0.347 e. The van der Waals surface area contributed by atoms with Crippen LogP contribution in [0.3, 0.4) is 0 Å². The number of hydrogen-bond donors (Lipinski definition) is 0. The van der Waals surface area contributed by atoms with E-state index in [0.29, 0.717) is 11.5 Å². The van der Waals surface area contributed by atoms with E-state index in [2.05, 4.69) is 33.8 Å². The van der Waals surface area contributed by atoms with Crippen molar-refractivity contribution in [3.05, 3.63) is 145 Å². The van der Waals surface area contributed by atoms with Gasteiger partial charge in [0, 0.05) is 47.4 Å². The third-order valence-corrected chi connectivity index (χ3v) is 14.0. The highest BCUT2D eigenvalue weighted by Gasteiger charge is 2.18. The molecule has 0 unspecified atom stereocenters. The zero-order chi connectivity index (χ0) is 51.6. The molecular weight excluding hydrogens is 949 g/mol. The molecule has 2 aromatic heterocycles. The van der Waals surface area contributed by atoms with Crippen LogP contribution in [0.25, 0.3) is 22.3 Å². The Morgan fingerprint density at radius 1 is 0.411 bits per heavy atom. The molecule has 0 saturated heterocycles. The van der Waals surface area contributed by atoms with Gasteiger partial charge < -0.3 is 18.9 Å². The molecule has 6 rings (SSSR count). The molecule has 73 heavy (non-hydrogen) atoms. The van der Waals surface area contributed by atoms with Crippen LogP contribution >= 0.6 is 23.5 Å². The molecule has 2 heterocycles. The summed E-state index contributed by atoms with van der Waals surface area (Å²) in [6.45, 7) is 8.38. The summed E-state index contributed by atoms with van der Waals surface area (Å²) in [4.78, 5) is 42.6. The van der Waals surface area contributed by atoms with Crippen molar-refractivity contribution < 1.29 is 28.5 Å². The number of hydrogen-bond acceptors (Lipinski definition) is 12. The average Bonchev–Trinajstić information content (AvgIpc) is 3.43. The molecule has 12 heteroatoms. The molecule has 0 bridgehead atoms. The molecule has 0 amide bonds. The zero-order valence-corrected chi connectivity index (χ0v) is 45.4. The van der Waals surface area contributed by atoms with E-state index in [1.54, 1.807) is 37.4 Å². The summed E-state index contributed by atoms with van der Waals surface area (Å²) in [5, 5.41) is 1.65. The Hall–Kier alpha value is -5.72. The molecule has 390 valence electrons. The minimum absolute atomic E-state index is 0.236. The van der Waals surface area contributed by atoms with Crippen molar-refractivity contribution in [3.8, 4) is 33.8 Å². The van der Waals surface area contributed by atoms with Crippen molar-refractivity contribution in [1.82, 2.24) is 19.9 Å². The Morgan fingerprint density at radius 2 is 0.726 bits per heavy atom. The van der Waals surface area contributed by atoms with E-state index < -0.39 is 24.1 Å². The maximum Gasteiger partial charge on any atom is 0.347 e. The van der Waals surface area contributed by atoms with Crippen molar-refractivity contribution in [2.45, 2.75) is 173 Å². The number of rotatable bonds is 33. The lowest BCUT2D eigenvalue weighted by Crippen LogP contribution is -2.26. The number of ether oxygens (including phenoxy) is 4. The fourth-order valence-electron chi connectivity index (χ4n) is 7.70. The first-order chi connectivity index (χ1) is 35.8. The Kier molecular flexibility index (Phi) is 28.2. The van der Waals surface area contributed by atoms with E-state index in [-0.39, 0.29) is 13.2 Å². The summed E-state index contributed by atoms with van der Waals surface area (Å²) < 4.78 is 22.2. The van der Waals surface area contributed by atoms with Crippen molar-refractivity contribution in [3.63, 3.8) is 0 Å². The maximum atomic E-state index is 12.3. The summed E-state index contributed by atoms with van der Waals surface area (Å²) in [6, 6.07) is 34.4. The molecule has 0 radical (unpaired) electrons. The van der Waals surface area contributed by atoms with Crippen molar-refractivity contribution in [2.75, 3.05) is 11.5 Å². The van der Waals surface area contributed by atoms with Crippen molar-refractivity contribution >= 4 is 35.5 Å². The highest BCUT2D eigenvalue weighted by atomic mass is 32.2. The van der Waals surface area contributed by atoms with Crippen LogP contribution in [0.4, 0.5) is 0 Å². The quantitative estimate of drug-likeness (QED) is 0.0169. The van der Waals surface area contributed by atoms with Gasteiger partial charge in [-0.25, -0.2) is 29.5 Å². The normalized spacial score (nSPS) is 11.7. The van der Waals surface area contributed by atoms with Gasteiger partial charge in [-0.2, -0.15) is 0 Å². The predicted octanol–water partition coefficient (Wildman–Crippen LogP) is 16.2. The van der Waals surface area contributed by atoms with E-state index in [4.69, 9.17) is 18.9 Å². The molecule has 0 fully saturated rings. The Labute approximate surface area is 444 Å². The molecule has 0 saturated carbocycles. The number of aromatic nitrogens is 4. The summed E-state index contributed by atoms with van der Waals surface area (Å²) in [6.07, 6.45) is 28.7. The van der Waals surface area contributed by atoms with E-state index in [1.807, 2.05) is 134 Å². The highest BCUT2D eigenvalue weighted by molar-refractivity contribution is 7.99. The van der Waals surface area contributed by atoms with Gasteiger partial charge in [0.15, 0.2) is 22.5 Å². The van der Waals surface area contributed by atoms with Gasteiger partial charge in [0.25, 0.3) is 0 Å². The number of nitrogens with zero attached hydrogens (tertiary/aromatic N) is 4. The van der Waals surface area contributed by atoms with Crippen LogP contribution in [0.15, 0.2) is 144 Å². The third-order valence-electron chi connectivity index (χ3n) is 12.1. The van der Waals surface area contributed by atoms with Crippen LogP contribution in [0, 0.1) is 0 Å². The lowest BCUT2D eigenvalue weighted by atomic mass is 10.1. The number of carbonyl (C=O) groups is 2. The first-order valence-electron chi connectivity index (χ1n) is 26.7. The SMILES string of the molecule is CCCCCCCCCCCSc1ncc(-c2ccc(O[C@H](C)C(=O)OCc3ccccc3)cc2)cn1.CCCCCCCCCCSc1ncc(-c2ccc(O[C@H](C)C(=O)OCc3ccccc3)cc2)cn1. The number of carbonyl (C=O) groups excluding carboxylic acids is 2. The van der Waals surface area contributed by atoms with Gasteiger partial charge in [-0.15, -0.1) is 0 Å². The fourth-order valence-corrected chi connectivity index (χ4v) is 9.27. The molecular formula is C61H78N4O6S2. The topological polar surface area (TPSA) is 123 Å². The van der Waals surface area contributed by atoms with Crippen LogP contribution in [-0.4, -0.2) is 55.6 Å². The monoisotopic (exact) mass is 1030 g/mol. The Morgan fingerprint density at radius 3 is 1.05 bits per heavy atom. The lowest BCUT2D eigenvalue weighted by molar-refractivity contribution is -0.153. The maximum absolute atomic E-state index is 12.3. The summed E-state index contributed by atoms with van der Waals surface area (Å²) in [5.41, 5.74) is 5.80. The predicted molar refractivity (Wildman–Crippen MR) is 299 cm³/mol. The van der Waals surface area contributed by atoms with Crippen LogP contribution in [0.5, 0.6) is 11.5 Å². The van der Waals surface area contributed by atoms with Gasteiger partial charge >= 0.3 is 11.9 Å². The highest BCUT2D eigenvalue weighted by Crippen LogP contribution is 2.26. The minimum atomic E-state index is -0.694. The molecule has 0 spiro atoms. The first-order valence-corrected chi connectivity index (χ1v) is 28.6. The second-order valence-electron chi connectivity index (χ2n) is 18.3. The average molecular weight is 1030 g/mol. The van der Waals surface area contributed by atoms with Gasteiger partial charge in [0.1, 0.15) is 24.7 Å². The lowest BCUT2D eigenvalue weighted by Gasteiger charge is -2.14. The zero-order valence-electron chi connectivity index (χ0n) is 43.8. The van der Waals surface area contributed by atoms with E-state index in [9.17, 15) is 9.59 Å². The summed E-state index contributed by atoms with van der Waals surface area (Å²) in [5.74, 6) is 2.57. The minimum Gasteiger partial charge on any atom is -0.479 e. The molecule has 6 aromatic rings. The summed E-state index contributed by atoms with van der Waals surface area (Å²) >= 11 is 3.45. The van der Waals surface area contributed by atoms with E-state index in [1.165, 1.54) is 109 Å². The van der Waals surface area contributed by atoms with Crippen LogP contribution in [0.1, 0.15) is 148 Å². The molecule has 0 N–H and O–H groups in total. The van der Waals surface area contributed by atoms with E-state index >= 15 is 0 Å². The second-order valence-corrected chi connectivity index (χ2v) is 20.4. The largest absolute Gasteiger partial charge is 0.479 e. The van der Waals surface area contributed by atoms with Crippen molar-refractivity contribution in [2.24, 2.45) is 0 Å². The molecule has 0 aliphatic heterocycles. The number of esters is 2. The standard InChI is InChI=1S/C31H40N2O3S.C30H38N2O3S/c1-3-4-5-6-7-8-9-10-14-21-37-31-32-22-28(23-33-31)27-17-19-29(20-18-27)36-25(2)30(34)35-24-26-15-12-11-13-16-26;1-3-4-5-6-7-8-9-13-20-36-30-31-21-27(22-32-30)26-16-18-28(19-17-26)35-24(2)29(33)34-23-25-14-11-10-12-15-25/h11-13,15-20,22-23,25H,3-10,14,21,24H2,1-2H3;10-12,14-19,21-22,24H,3-9,13,20,23H2,1-2H3/t25-;24-/m11/s1. The van der Waals surface area contributed by atoms with Gasteiger partial charge in [0.2, 0.25) is 0 Å². The number of thioether (sulfide) groups is 2. The van der Waals surface area contributed by atoms with Gasteiger partial charge in [0.05, 0.1) is 0 Å². The van der Waals surface area contributed by atoms with Gasteiger partial charge in [-0.05, 0) is 73.2 Å². The molecule has 0 aliphatic carbocycles. The molecule has 10 nitrogen and oxygen atoms in total. The Bertz CT molecular complexity index is 2380. The van der Waals surface area contributed by atoms with Gasteiger partial charge in [-0.1, -0.05) is 219 Å². The molecule has 2 atom stereocenters. The first kappa shape index (κ1) is 58.2.